The molecule has 0 saturated carbocycles. The highest BCUT2D eigenvalue weighted by Crippen LogP contribution is 2.05. The number of carboxylic acid groups (broad SMARTS) is 1. The van der Waals surface area contributed by atoms with E-state index in [-0.39, 0.29) is 5.69 Å². The summed E-state index contributed by atoms with van der Waals surface area (Å²) >= 11 is 0. The number of nitrogens with zero attached hydrogens (tertiary/aromatic N) is 2. The number of aromatic nitrogens is 2. The zero-order chi connectivity index (χ0) is 12.3. The van der Waals surface area contributed by atoms with Crippen LogP contribution in [0.25, 0.3) is 0 Å². The van der Waals surface area contributed by atoms with Gasteiger partial charge in [-0.05, 0) is 32.4 Å². The fraction of sp³-hybridized carbons (Fsp3) is 0.400. The second-order valence-electron chi connectivity index (χ2n) is 4.00. The number of aliphatic carboxylic acids is 1. The van der Waals surface area contributed by atoms with Crippen LogP contribution in [0.2, 0.25) is 0 Å². The van der Waals surface area contributed by atoms with E-state index < -0.39 is 17.4 Å². The van der Waals surface area contributed by atoms with Crippen molar-refractivity contribution in [2.75, 3.05) is 0 Å². The molecule has 0 aliphatic heterocycles. The molecule has 0 radical (unpaired) electrons. The molecule has 1 rings (SSSR count). The van der Waals surface area contributed by atoms with Crippen LogP contribution in [0.5, 0.6) is 0 Å². The van der Waals surface area contributed by atoms with Crippen molar-refractivity contribution in [1.82, 2.24) is 15.5 Å². The largest absolute Gasteiger partial charge is 0.480 e. The molecule has 0 unspecified atom stereocenters. The van der Waals surface area contributed by atoms with Crippen molar-refractivity contribution in [3.63, 3.8) is 0 Å². The lowest BCUT2D eigenvalue weighted by Crippen LogP contribution is -2.49. The van der Waals surface area contributed by atoms with Crippen molar-refractivity contribution in [3.8, 4) is 0 Å². The molecule has 16 heavy (non-hydrogen) atoms. The van der Waals surface area contributed by atoms with E-state index in [1.54, 1.807) is 13.0 Å². The lowest BCUT2D eigenvalue weighted by atomic mass is 10.1. The number of aryl methyl sites for hydroxylation is 1. The quantitative estimate of drug-likeness (QED) is 0.772. The summed E-state index contributed by atoms with van der Waals surface area (Å²) in [6, 6.07) is 1.54. The first kappa shape index (κ1) is 12.1. The number of hydrogen-bond donors (Lipinski definition) is 2. The highest BCUT2D eigenvalue weighted by molar-refractivity contribution is 5.96. The number of carbonyl (C=O) groups is 2. The lowest BCUT2D eigenvalue weighted by molar-refractivity contribution is -0.143. The van der Waals surface area contributed by atoms with Gasteiger partial charge in [-0.25, -0.2) is 4.79 Å². The van der Waals surface area contributed by atoms with Crippen LogP contribution in [0.1, 0.15) is 29.9 Å². The molecule has 1 heterocycles. The minimum absolute atomic E-state index is 0.106. The van der Waals surface area contributed by atoms with E-state index in [1.165, 1.54) is 20.0 Å². The summed E-state index contributed by atoms with van der Waals surface area (Å²) < 4.78 is 0. The van der Waals surface area contributed by atoms with Gasteiger partial charge in [-0.15, -0.1) is 5.10 Å². The lowest BCUT2D eigenvalue weighted by Gasteiger charge is -2.20. The molecule has 0 atom stereocenters. The monoisotopic (exact) mass is 223 g/mol. The number of rotatable bonds is 3. The number of nitrogens with one attached hydrogen (secondary N) is 1. The standard InChI is InChI=1S/C10H13N3O3/c1-6-4-7(13-11-5-6)8(14)12-10(2,3)9(15)16/h4-5H,1-3H3,(H,12,14)(H,15,16). The van der Waals surface area contributed by atoms with Gasteiger partial charge >= 0.3 is 5.97 Å². The van der Waals surface area contributed by atoms with Gasteiger partial charge in [0.15, 0.2) is 5.69 Å². The predicted octanol–water partition coefficient (Wildman–Crippen LogP) is 0.378. The fourth-order valence-corrected chi connectivity index (χ4v) is 0.976. The zero-order valence-corrected chi connectivity index (χ0v) is 9.31. The normalized spacial score (nSPS) is 10.9. The van der Waals surface area contributed by atoms with Crippen LogP contribution in [-0.2, 0) is 4.79 Å². The summed E-state index contributed by atoms with van der Waals surface area (Å²) in [5.74, 6) is -1.66. The van der Waals surface area contributed by atoms with E-state index in [4.69, 9.17) is 5.11 Å². The Morgan fingerprint density at radius 2 is 2.06 bits per heavy atom. The Bertz CT molecular complexity index is 429. The number of hydrogen-bond acceptors (Lipinski definition) is 4. The average Bonchev–Trinajstić information content (AvgIpc) is 2.16. The molecule has 0 spiro atoms. The van der Waals surface area contributed by atoms with E-state index >= 15 is 0 Å². The molecule has 0 aromatic carbocycles. The van der Waals surface area contributed by atoms with Crippen LogP contribution >= 0.6 is 0 Å². The Kier molecular flexibility index (Phi) is 3.22. The van der Waals surface area contributed by atoms with Crippen molar-refractivity contribution < 1.29 is 14.7 Å². The van der Waals surface area contributed by atoms with Crippen LogP contribution in [0.15, 0.2) is 12.3 Å². The van der Waals surface area contributed by atoms with Crippen molar-refractivity contribution in [2.24, 2.45) is 0 Å². The molecule has 6 nitrogen and oxygen atoms in total. The first-order valence-corrected chi connectivity index (χ1v) is 4.68. The predicted molar refractivity (Wildman–Crippen MR) is 56.0 cm³/mol. The van der Waals surface area contributed by atoms with E-state index in [1.807, 2.05) is 0 Å². The minimum Gasteiger partial charge on any atom is -0.480 e. The molecule has 0 aliphatic rings. The molecule has 0 fully saturated rings. The summed E-state index contributed by atoms with van der Waals surface area (Å²) in [5, 5.41) is 18.4. The number of carbonyl (C=O) groups excluding carboxylic acids is 1. The molecule has 0 bridgehead atoms. The third-order valence-electron chi connectivity index (χ3n) is 1.98. The number of amides is 1. The van der Waals surface area contributed by atoms with Gasteiger partial charge < -0.3 is 10.4 Å². The number of carboxylic acids is 1. The van der Waals surface area contributed by atoms with Gasteiger partial charge in [0.1, 0.15) is 5.54 Å². The zero-order valence-electron chi connectivity index (χ0n) is 9.31. The third kappa shape index (κ3) is 2.75. The van der Waals surface area contributed by atoms with Crippen molar-refractivity contribution in [1.29, 1.82) is 0 Å². The molecule has 6 heteroatoms. The summed E-state index contributed by atoms with van der Waals surface area (Å²) in [6.45, 7) is 4.57. The highest BCUT2D eigenvalue weighted by Gasteiger charge is 2.29. The Labute approximate surface area is 92.7 Å². The second-order valence-corrected chi connectivity index (χ2v) is 4.00. The van der Waals surface area contributed by atoms with Crippen molar-refractivity contribution >= 4 is 11.9 Å². The Morgan fingerprint density at radius 1 is 1.44 bits per heavy atom. The maximum atomic E-state index is 11.6. The van der Waals surface area contributed by atoms with Gasteiger partial charge in [0.2, 0.25) is 0 Å². The molecule has 1 amide bonds. The SMILES string of the molecule is Cc1cnnc(C(=O)NC(C)(C)C(=O)O)c1. The van der Waals surface area contributed by atoms with Crippen LogP contribution in [0, 0.1) is 6.92 Å². The summed E-state index contributed by atoms with van der Waals surface area (Å²) in [4.78, 5) is 22.4. The molecule has 2 N–H and O–H groups in total. The molecular weight excluding hydrogens is 210 g/mol. The van der Waals surface area contributed by atoms with Gasteiger partial charge in [0.05, 0.1) is 6.20 Å². The fourth-order valence-electron chi connectivity index (χ4n) is 0.976. The first-order valence-electron chi connectivity index (χ1n) is 4.68. The van der Waals surface area contributed by atoms with Crippen LogP contribution in [0.3, 0.4) is 0 Å². The van der Waals surface area contributed by atoms with E-state index in [9.17, 15) is 9.59 Å². The van der Waals surface area contributed by atoms with Gasteiger partial charge in [-0.3, -0.25) is 4.79 Å². The van der Waals surface area contributed by atoms with Gasteiger partial charge in [0, 0.05) is 0 Å². The smallest absolute Gasteiger partial charge is 0.328 e. The van der Waals surface area contributed by atoms with E-state index in [2.05, 4.69) is 15.5 Å². The van der Waals surface area contributed by atoms with Gasteiger partial charge in [-0.2, -0.15) is 5.10 Å². The highest BCUT2D eigenvalue weighted by atomic mass is 16.4. The molecule has 86 valence electrons. The second kappa shape index (κ2) is 4.26. The molecular formula is C10H13N3O3. The topological polar surface area (TPSA) is 92.2 Å². The van der Waals surface area contributed by atoms with Gasteiger partial charge in [-0.1, -0.05) is 0 Å². The maximum absolute atomic E-state index is 11.6. The van der Waals surface area contributed by atoms with Crippen LogP contribution in [0.4, 0.5) is 0 Å². The third-order valence-corrected chi connectivity index (χ3v) is 1.98. The molecule has 1 aromatic heterocycles. The molecule has 0 saturated heterocycles. The van der Waals surface area contributed by atoms with E-state index in [0.717, 1.165) is 5.56 Å². The molecule has 1 aromatic rings. The average molecular weight is 223 g/mol. The molecule has 0 aliphatic carbocycles. The minimum atomic E-state index is -1.33. The Morgan fingerprint density at radius 3 is 2.56 bits per heavy atom. The summed E-state index contributed by atoms with van der Waals surface area (Å²) in [5.41, 5.74) is -0.440. The van der Waals surface area contributed by atoms with Crippen LogP contribution in [-0.4, -0.2) is 32.7 Å². The van der Waals surface area contributed by atoms with Crippen molar-refractivity contribution in [3.05, 3.63) is 23.5 Å². The summed E-state index contributed by atoms with van der Waals surface area (Å²) in [6.07, 6.45) is 1.51. The Hall–Kier alpha value is -1.98. The van der Waals surface area contributed by atoms with Gasteiger partial charge in [0.25, 0.3) is 5.91 Å². The Balaban J connectivity index is 2.85. The van der Waals surface area contributed by atoms with Crippen LogP contribution < -0.4 is 5.32 Å². The first-order chi connectivity index (χ1) is 7.33. The maximum Gasteiger partial charge on any atom is 0.328 e. The summed E-state index contributed by atoms with van der Waals surface area (Å²) in [7, 11) is 0. The van der Waals surface area contributed by atoms with E-state index in [0.29, 0.717) is 0 Å². The van der Waals surface area contributed by atoms with Crippen molar-refractivity contribution in [2.45, 2.75) is 26.3 Å².